The number of benzene rings is 1. The highest BCUT2D eigenvalue weighted by Gasteiger charge is 2.33. The third kappa shape index (κ3) is 5.54. The van der Waals surface area contributed by atoms with E-state index in [-0.39, 0.29) is 17.4 Å². The molecular weight excluding hydrogens is 318 g/mol. The first-order valence-corrected chi connectivity index (χ1v) is 11.0. The number of esters is 1. The van der Waals surface area contributed by atoms with Crippen molar-refractivity contribution >= 4 is 20.0 Å². The van der Waals surface area contributed by atoms with E-state index in [4.69, 9.17) is 4.74 Å². The van der Waals surface area contributed by atoms with Gasteiger partial charge in [0, 0.05) is 12.0 Å². The summed E-state index contributed by atoms with van der Waals surface area (Å²) in [6.07, 6.45) is 0.248. The van der Waals surface area contributed by atoms with Gasteiger partial charge in [0.05, 0.1) is 7.11 Å². The lowest BCUT2D eigenvalue weighted by molar-refractivity contribution is -0.142. The maximum Gasteiger partial charge on any atom is 0.329 e. The molecule has 1 atom stereocenters. The Hall–Kier alpha value is -2.06. The molecule has 1 N–H and O–H groups in total. The fourth-order valence-electron chi connectivity index (χ4n) is 1.73. The normalized spacial score (nSPS) is 12.6. The molecule has 0 fully saturated rings. The molecule has 0 aliphatic rings. The standard InChI is InChI=1S/C19H27NO3Si/c1-19(2,3)24(5,6)14-10-13-16(18(22)23-4)20-17(21)15-11-8-7-9-12-15/h7-9,11-12,16H,13H2,1-6H3,(H,20,21)/t16-/m0/s1. The molecule has 0 unspecified atom stereocenters. The SMILES string of the molecule is COC(=O)[C@H](CC#C[Si](C)(C)C(C)(C)C)NC(=O)c1ccccc1. The first-order chi connectivity index (χ1) is 11.1. The molecule has 1 aromatic rings. The van der Waals surface area contributed by atoms with Gasteiger partial charge in [-0.3, -0.25) is 4.79 Å². The minimum atomic E-state index is -1.75. The van der Waals surface area contributed by atoms with Gasteiger partial charge in [-0.25, -0.2) is 4.79 Å². The molecule has 0 bridgehead atoms. The van der Waals surface area contributed by atoms with Gasteiger partial charge >= 0.3 is 5.97 Å². The van der Waals surface area contributed by atoms with Crippen molar-refractivity contribution in [2.45, 2.75) is 51.4 Å². The quantitative estimate of drug-likeness (QED) is 0.517. The summed E-state index contributed by atoms with van der Waals surface area (Å²) in [5.41, 5.74) is 3.85. The Morgan fingerprint density at radius 3 is 2.29 bits per heavy atom. The second kappa shape index (κ2) is 8.16. The molecule has 0 aromatic heterocycles. The lowest BCUT2D eigenvalue weighted by Crippen LogP contribution is -2.41. The summed E-state index contributed by atoms with van der Waals surface area (Å²) in [7, 11) is -0.436. The number of amides is 1. The van der Waals surface area contributed by atoms with Crippen LogP contribution in [0, 0.1) is 11.5 Å². The molecule has 0 aliphatic heterocycles. The van der Waals surface area contributed by atoms with Crippen molar-refractivity contribution in [3.05, 3.63) is 35.9 Å². The Morgan fingerprint density at radius 1 is 1.21 bits per heavy atom. The van der Waals surface area contributed by atoms with Gasteiger partial charge in [0.15, 0.2) is 0 Å². The molecule has 4 nitrogen and oxygen atoms in total. The van der Waals surface area contributed by atoms with E-state index in [2.05, 4.69) is 50.6 Å². The predicted molar refractivity (Wildman–Crippen MR) is 99.3 cm³/mol. The molecule has 5 heteroatoms. The van der Waals surface area contributed by atoms with E-state index in [1.165, 1.54) is 7.11 Å². The van der Waals surface area contributed by atoms with Crippen molar-refractivity contribution in [3.8, 4) is 11.5 Å². The molecule has 130 valence electrons. The largest absolute Gasteiger partial charge is 0.467 e. The van der Waals surface area contributed by atoms with Crippen LogP contribution in [0.3, 0.4) is 0 Å². The maximum absolute atomic E-state index is 12.2. The Balaban J connectivity index is 2.85. The Morgan fingerprint density at radius 2 is 1.79 bits per heavy atom. The van der Waals surface area contributed by atoms with Crippen LogP contribution in [-0.4, -0.2) is 33.1 Å². The van der Waals surface area contributed by atoms with Crippen LogP contribution in [0.5, 0.6) is 0 Å². The summed E-state index contributed by atoms with van der Waals surface area (Å²) in [6.45, 7) is 11.0. The number of hydrogen-bond acceptors (Lipinski definition) is 3. The predicted octanol–water partition coefficient (Wildman–Crippen LogP) is 3.40. The second-order valence-electron chi connectivity index (χ2n) is 7.30. The van der Waals surface area contributed by atoms with Gasteiger partial charge in [-0.15, -0.1) is 11.5 Å². The fraction of sp³-hybridized carbons (Fsp3) is 0.474. The van der Waals surface area contributed by atoms with Crippen LogP contribution in [0.2, 0.25) is 18.1 Å². The monoisotopic (exact) mass is 345 g/mol. The lowest BCUT2D eigenvalue weighted by Gasteiger charge is -2.31. The molecule has 1 rings (SSSR count). The van der Waals surface area contributed by atoms with Gasteiger partial charge in [0.25, 0.3) is 5.91 Å². The molecule has 0 spiro atoms. The maximum atomic E-state index is 12.2. The third-order valence-electron chi connectivity index (χ3n) is 4.41. The summed E-state index contributed by atoms with van der Waals surface area (Å²) in [6, 6.07) is 8.02. The van der Waals surface area contributed by atoms with E-state index in [1.54, 1.807) is 24.3 Å². The van der Waals surface area contributed by atoms with Crippen molar-refractivity contribution in [1.82, 2.24) is 5.32 Å². The average molecular weight is 346 g/mol. The van der Waals surface area contributed by atoms with Crippen molar-refractivity contribution in [3.63, 3.8) is 0 Å². The van der Waals surface area contributed by atoms with Crippen molar-refractivity contribution in [1.29, 1.82) is 0 Å². The highest BCUT2D eigenvalue weighted by Crippen LogP contribution is 2.35. The number of ether oxygens (including phenoxy) is 1. The van der Waals surface area contributed by atoms with Gasteiger partial charge < -0.3 is 10.1 Å². The molecule has 24 heavy (non-hydrogen) atoms. The zero-order valence-electron chi connectivity index (χ0n) is 15.4. The molecule has 0 aliphatic carbocycles. The summed E-state index contributed by atoms with van der Waals surface area (Å²) in [5, 5.41) is 2.86. The summed E-state index contributed by atoms with van der Waals surface area (Å²) in [5.74, 6) is 2.31. The second-order valence-corrected chi connectivity index (χ2v) is 12.3. The van der Waals surface area contributed by atoms with Gasteiger partial charge in [-0.1, -0.05) is 52.1 Å². The average Bonchev–Trinajstić information content (AvgIpc) is 2.52. The zero-order chi connectivity index (χ0) is 18.4. The molecule has 0 radical (unpaired) electrons. The third-order valence-corrected chi connectivity index (χ3v) is 8.96. The van der Waals surface area contributed by atoms with Crippen LogP contribution in [0.1, 0.15) is 37.6 Å². The number of hydrogen-bond donors (Lipinski definition) is 1. The van der Waals surface area contributed by atoms with Crippen LogP contribution in [0.25, 0.3) is 0 Å². The van der Waals surface area contributed by atoms with E-state index < -0.39 is 20.1 Å². The number of rotatable bonds is 4. The van der Waals surface area contributed by atoms with Crippen LogP contribution < -0.4 is 5.32 Å². The highest BCUT2D eigenvalue weighted by molar-refractivity contribution is 6.87. The van der Waals surface area contributed by atoms with E-state index >= 15 is 0 Å². The number of methoxy groups -OCH3 is 1. The first kappa shape index (κ1) is 20.0. The van der Waals surface area contributed by atoms with Crippen molar-refractivity contribution in [2.24, 2.45) is 0 Å². The minimum absolute atomic E-state index is 0.147. The van der Waals surface area contributed by atoms with Crippen LogP contribution in [-0.2, 0) is 9.53 Å². The van der Waals surface area contributed by atoms with Gasteiger partial charge in [0.1, 0.15) is 14.1 Å². The smallest absolute Gasteiger partial charge is 0.329 e. The van der Waals surface area contributed by atoms with E-state index in [0.717, 1.165) is 0 Å². The molecule has 1 amide bonds. The summed E-state index contributed by atoms with van der Waals surface area (Å²) >= 11 is 0. The fourth-order valence-corrected chi connectivity index (χ4v) is 2.65. The van der Waals surface area contributed by atoms with Crippen molar-refractivity contribution in [2.75, 3.05) is 7.11 Å². The van der Waals surface area contributed by atoms with Gasteiger partial charge in [-0.2, -0.15) is 0 Å². The Labute approximate surface area is 146 Å². The van der Waals surface area contributed by atoms with Crippen LogP contribution >= 0.6 is 0 Å². The molecule has 0 heterocycles. The molecule has 0 saturated heterocycles. The molecule has 0 saturated carbocycles. The minimum Gasteiger partial charge on any atom is -0.467 e. The Bertz CT molecular complexity index is 636. The van der Waals surface area contributed by atoms with E-state index in [9.17, 15) is 9.59 Å². The molecular formula is C19H27NO3Si. The van der Waals surface area contributed by atoms with E-state index in [0.29, 0.717) is 5.56 Å². The van der Waals surface area contributed by atoms with Crippen molar-refractivity contribution < 1.29 is 14.3 Å². The van der Waals surface area contributed by atoms with Gasteiger partial charge in [0.2, 0.25) is 0 Å². The summed E-state index contributed by atoms with van der Waals surface area (Å²) < 4.78 is 4.79. The first-order valence-electron chi connectivity index (χ1n) is 8.02. The summed E-state index contributed by atoms with van der Waals surface area (Å²) in [4.78, 5) is 24.2. The number of carbonyl (C=O) groups is 2. The topological polar surface area (TPSA) is 55.4 Å². The van der Waals surface area contributed by atoms with Gasteiger partial charge in [-0.05, 0) is 17.2 Å². The van der Waals surface area contributed by atoms with Crippen LogP contribution in [0.4, 0.5) is 0 Å². The Kier molecular flexibility index (Phi) is 6.79. The van der Waals surface area contributed by atoms with E-state index in [1.807, 2.05) is 6.07 Å². The molecule has 1 aromatic carbocycles. The zero-order valence-corrected chi connectivity index (χ0v) is 16.4. The number of carbonyl (C=O) groups excluding carboxylic acids is 2. The lowest BCUT2D eigenvalue weighted by atomic mass is 10.1. The highest BCUT2D eigenvalue weighted by atomic mass is 28.3. The van der Waals surface area contributed by atoms with Crippen LogP contribution in [0.15, 0.2) is 30.3 Å². The number of nitrogens with one attached hydrogen (secondary N) is 1.